The summed E-state index contributed by atoms with van der Waals surface area (Å²) in [6, 6.07) is 7.92. The van der Waals surface area contributed by atoms with Crippen molar-refractivity contribution in [2.24, 2.45) is 0 Å². The third-order valence-corrected chi connectivity index (χ3v) is 6.00. The molecule has 2 aromatic rings. The predicted molar refractivity (Wildman–Crippen MR) is 113 cm³/mol. The molecule has 1 fully saturated rings. The van der Waals surface area contributed by atoms with Crippen LogP contribution in [0.1, 0.15) is 84.2 Å². The van der Waals surface area contributed by atoms with E-state index in [9.17, 15) is 9.59 Å². The summed E-state index contributed by atoms with van der Waals surface area (Å²) in [6.45, 7) is 6.60. The minimum Gasteiger partial charge on any atom is -0.337 e. The number of amides is 2. The molecular weight excluding hydrogens is 364 g/mol. The van der Waals surface area contributed by atoms with Gasteiger partial charge in [-0.3, -0.25) is 9.59 Å². The van der Waals surface area contributed by atoms with Crippen molar-refractivity contribution in [3.63, 3.8) is 0 Å². The first-order valence-electron chi connectivity index (χ1n) is 10.8. The van der Waals surface area contributed by atoms with Crippen molar-refractivity contribution >= 4 is 17.5 Å². The summed E-state index contributed by atoms with van der Waals surface area (Å²) in [5.74, 6) is 0.536. The number of carbonyl (C=O) groups is 2. The van der Waals surface area contributed by atoms with Gasteiger partial charge in [0.25, 0.3) is 11.8 Å². The SMILES string of the molecule is CC(C)c1ccc(NC(=O)c2nc(C(=O)N3CCCCC3)c3n2CCCC3)cc1. The fourth-order valence-corrected chi connectivity index (χ4v) is 4.27. The summed E-state index contributed by atoms with van der Waals surface area (Å²) >= 11 is 0. The molecule has 6 heteroatoms. The molecule has 2 aliphatic rings. The zero-order valence-corrected chi connectivity index (χ0v) is 17.4. The molecule has 0 saturated carbocycles. The van der Waals surface area contributed by atoms with Gasteiger partial charge in [0.2, 0.25) is 0 Å². The molecule has 0 spiro atoms. The van der Waals surface area contributed by atoms with Crippen LogP contribution in [0.3, 0.4) is 0 Å². The van der Waals surface area contributed by atoms with Gasteiger partial charge in [-0.25, -0.2) is 4.98 Å². The number of piperidine rings is 1. The standard InChI is InChI=1S/C23H30N4O2/c1-16(2)17-9-11-18(12-10-17)24-22(28)21-25-20(19-8-4-7-15-27(19)21)23(29)26-13-5-3-6-14-26/h9-12,16H,3-8,13-15H2,1-2H3,(H,24,28). The van der Waals surface area contributed by atoms with Crippen LogP contribution in [-0.4, -0.2) is 39.4 Å². The fourth-order valence-electron chi connectivity index (χ4n) is 4.27. The number of likely N-dealkylation sites (tertiary alicyclic amines) is 1. The first-order valence-corrected chi connectivity index (χ1v) is 10.8. The summed E-state index contributed by atoms with van der Waals surface area (Å²) in [5.41, 5.74) is 3.38. The molecule has 1 aromatic heterocycles. The lowest BCUT2D eigenvalue weighted by molar-refractivity contribution is 0.0717. The van der Waals surface area contributed by atoms with Crippen LogP contribution in [0.25, 0.3) is 0 Å². The lowest BCUT2D eigenvalue weighted by Gasteiger charge is -2.26. The van der Waals surface area contributed by atoms with Crippen molar-refractivity contribution in [3.8, 4) is 0 Å². The van der Waals surface area contributed by atoms with Gasteiger partial charge in [-0.15, -0.1) is 0 Å². The van der Waals surface area contributed by atoms with Crippen LogP contribution in [-0.2, 0) is 13.0 Å². The number of fused-ring (bicyclic) bond motifs is 1. The molecule has 2 aliphatic heterocycles. The number of aromatic nitrogens is 2. The van der Waals surface area contributed by atoms with Gasteiger partial charge in [0.1, 0.15) is 5.69 Å². The number of anilines is 1. The number of nitrogens with one attached hydrogen (secondary N) is 1. The largest absolute Gasteiger partial charge is 0.337 e. The summed E-state index contributed by atoms with van der Waals surface area (Å²) in [5, 5.41) is 2.96. The van der Waals surface area contributed by atoms with Crippen LogP contribution in [0, 0.1) is 0 Å². The summed E-state index contributed by atoms with van der Waals surface area (Å²) < 4.78 is 1.96. The predicted octanol–water partition coefficient (Wildman–Crippen LogP) is 4.22. The maximum Gasteiger partial charge on any atom is 0.291 e. The normalized spacial score (nSPS) is 16.6. The summed E-state index contributed by atoms with van der Waals surface area (Å²) in [7, 11) is 0. The Morgan fingerprint density at radius 2 is 1.66 bits per heavy atom. The van der Waals surface area contributed by atoms with Gasteiger partial charge in [-0.05, 0) is 62.1 Å². The average molecular weight is 395 g/mol. The van der Waals surface area contributed by atoms with Crippen LogP contribution in [0.5, 0.6) is 0 Å². The molecular formula is C23H30N4O2. The number of rotatable bonds is 4. The second-order valence-corrected chi connectivity index (χ2v) is 8.42. The highest BCUT2D eigenvalue weighted by Crippen LogP contribution is 2.24. The van der Waals surface area contributed by atoms with E-state index in [1.165, 1.54) is 12.0 Å². The van der Waals surface area contributed by atoms with E-state index in [2.05, 4.69) is 24.1 Å². The molecule has 29 heavy (non-hydrogen) atoms. The highest BCUT2D eigenvalue weighted by atomic mass is 16.2. The maximum atomic E-state index is 13.1. The Hall–Kier alpha value is -2.63. The molecule has 0 radical (unpaired) electrons. The van der Waals surface area contributed by atoms with Crippen LogP contribution in [0.4, 0.5) is 5.69 Å². The Kier molecular flexibility index (Phi) is 5.69. The van der Waals surface area contributed by atoms with Crippen molar-refractivity contribution in [2.45, 2.75) is 64.8 Å². The van der Waals surface area contributed by atoms with E-state index in [4.69, 9.17) is 0 Å². The third kappa shape index (κ3) is 4.07. The molecule has 0 bridgehead atoms. The topological polar surface area (TPSA) is 67.2 Å². The van der Waals surface area contributed by atoms with Crippen molar-refractivity contribution < 1.29 is 9.59 Å². The third-order valence-electron chi connectivity index (χ3n) is 6.00. The molecule has 0 unspecified atom stereocenters. The van der Waals surface area contributed by atoms with Crippen LogP contribution in [0.15, 0.2) is 24.3 Å². The van der Waals surface area contributed by atoms with Crippen LogP contribution < -0.4 is 5.32 Å². The van der Waals surface area contributed by atoms with Crippen molar-refractivity contribution in [3.05, 3.63) is 47.0 Å². The lowest BCUT2D eigenvalue weighted by atomic mass is 10.0. The van der Waals surface area contributed by atoms with Crippen molar-refractivity contribution in [2.75, 3.05) is 18.4 Å². The van der Waals surface area contributed by atoms with Gasteiger partial charge in [-0.1, -0.05) is 26.0 Å². The molecule has 4 rings (SSSR count). The van der Waals surface area contributed by atoms with Crippen molar-refractivity contribution in [1.29, 1.82) is 0 Å². The minimum absolute atomic E-state index is 0.0179. The number of hydrogen-bond donors (Lipinski definition) is 1. The molecule has 1 aromatic carbocycles. The van der Waals surface area contributed by atoms with E-state index >= 15 is 0 Å². The minimum atomic E-state index is -0.247. The van der Waals surface area contributed by atoms with Gasteiger partial charge in [0.05, 0.1) is 5.69 Å². The van der Waals surface area contributed by atoms with E-state index in [-0.39, 0.29) is 11.8 Å². The number of benzene rings is 1. The monoisotopic (exact) mass is 394 g/mol. The molecule has 3 heterocycles. The second-order valence-electron chi connectivity index (χ2n) is 8.42. The summed E-state index contributed by atoms with van der Waals surface area (Å²) in [6.07, 6.45) is 6.10. The smallest absolute Gasteiger partial charge is 0.291 e. The van der Waals surface area contributed by atoms with E-state index in [1.807, 2.05) is 33.7 Å². The molecule has 0 aliphatic carbocycles. The Labute approximate surface area is 172 Å². The van der Waals surface area contributed by atoms with Gasteiger partial charge in [0.15, 0.2) is 5.82 Å². The van der Waals surface area contributed by atoms with Crippen LogP contribution in [0.2, 0.25) is 0 Å². The number of imidazole rings is 1. The van der Waals surface area contributed by atoms with Gasteiger partial charge >= 0.3 is 0 Å². The lowest BCUT2D eigenvalue weighted by Crippen LogP contribution is -2.36. The van der Waals surface area contributed by atoms with Crippen molar-refractivity contribution in [1.82, 2.24) is 14.5 Å². The number of carbonyl (C=O) groups excluding carboxylic acids is 2. The van der Waals surface area contributed by atoms with Crippen LogP contribution >= 0.6 is 0 Å². The zero-order valence-electron chi connectivity index (χ0n) is 17.4. The number of hydrogen-bond acceptors (Lipinski definition) is 3. The van der Waals surface area contributed by atoms with Gasteiger partial charge < -0.3 is 14.8 Å². The molecule has 0 atom stereocenters. The van der Waals surface area contributed by atoms with Gasteiger partial charge in [0, 0.05) is 25.3 Å². The van der Waals surface area contributed by atoms with Gasteiger partial charge in [-0.2, -0.15) is 0 Å². The Bertz CT molecular complexity index is 892. The first-order chi connectivity index (χ1) is 14.0. The zero-order chi connectivity index (χ0) is 20.4. The second kappa shape index (κ2) is 8.39. The quantitative estimate of drug-likeness (QED) is 0.844. The Morgan fingerprint density at radius 3 is 2.34 bits per heavy atom. The molecule has 1 saturated heterocycles. The highest BCUT2D eigenvalue weighted by Gasteiger charge is 2.30. The number of nitrogens with zero attached hydrogens (tertiary/aromatic N) is 3. The van der Waals surface area contributed by atoms with E-state index in [1.54, 1.807) is 0 Å². The van der Waals surface area contributed by atoms with E-state index in [0.717, 1.165) is 63.1 Å². The Balaban J connectivity index is 1.58. The highest BCUT2D eigenvalue weighted by molar-refractivity contribution is 6.03. The maximum absolute atomic E-state index is 13.1. The molecule has 1 N–H and O–H groups in total. The molecule has 6 nitrogen and oxygen atoms in total. The fraction of sp³-hybridized carbons (Fsp3) is 0.522. The average Bonchev–Trinajstić information content (AvgIpc) is 3.14. The first kappa shape index (κ1) is 19.7. The summed E-state index contributed by atoms with van der Waals surface area (Å²) in [4.78, 5) is 32.5. The Morgan fingerprint density at radius 1 is 0.966 bits per heavy atom. The molecule has 2 amide bonds. The van der Waals surface area contributed by atoms with E-state index < -0.39 is 0 Å². The van der Waals surface area contributed by atoms with E-state index in [0.29, 0.717) is 17.4 Å². The molecule has 154 valence electrons.